The van der Waals surface area contributed by atoms with Crippen molar-refractivity contribution in [2.75, 3.05) is 18.8 Å². The standard InChI is InChI=1S/C15H25N3O/c1-5-17(6-2)15(19)18(12(3)4)11-13-7-9-14(16)10-8-13/h7-10,12H,5-6,11,16H2,1-4H3. The SMILES string of the molecule is CCN(CC)C(=O)N(Cc1ccc(N)cc1)C(C)C. The smallest absolute Gasteiger partial charge is 0.320 e. The van der Waals surface area contributed by atoms with E-state index in [1.54, 1.807) is 0 Å². The third kappa shape index (κ3) is 4.16. The molecule has 19 heavy (non-hydrogen) atoms. The Morgan fingerprint density at radius 1 is 1.16 bits per heavy atom. The van der Waals surface area contributed by atoms with Gasteiger partial charge in [-0.25, -0.2) is 4.79 Å². The Balaban J connectivity index is 2.83. The molecule has 0 heterocycles. The summed E-state index contributed by atoms with van der Waals surface area (Å²) in [5.41, 5.74) is 7.53. The zero-order chi connectivity index (χ0) is 14.4. The Kier molecular flexibility index (Phi) is 5.67. The van der Waals surface area contributed by atoms with Crippen LogP contribution in [0.3, 0.4) is 0 Å². The lowest BCUT2D eigenvalue weighted by Gasteiger charge is -2.32. The number of carbonyl (C=O) groups excluding carboxylic acids is 1. The number of anilines is 1. The Labute approximate surface area is 116 Å². The van der Waals surface area contributed by atoms with E-state index in [-0.39, 0.29) is 12.1 Å². The molecular weight excluding hydrogens is 238 g/mol. The normalized spacial score (nSPS) is 10.6. The van der Waals surface area contributed by atoms with E-state index in [1.165, 1.54) is 0 Å². The number of hydrogen-bond donors (Lipinski definition) is 1. The van der Waals surface area contributed by atoms with Crippen LogP contribution < -0.4 is 5.73 Å². The molecule has 0 fully saturated rings. The molecule has 106 valence electrons. The van der Waals surface area contributed by atoms with E-state index in [4.69, 9.17) is 5.73 Å². The summed E-state index contributed by atoms with van der Waals surface area (Å²) < 4.78 is 0. The minimum absolute atomic E-state index is 0.0943. The predicted molar refractivity (Wildman–Crippen MR) is 79.9 cm³/mol. The first kappa shape index (κ1) is 15.3. The van der Waals surface area contributed by atoms with E-state index in [2.05, 4.69) is 0 Å². The molecule has 1 aromatic rings. The third-order valence-electron chi connectivity index (χ3n) is 3.24. The summed E-state index contributed by atoms with van der Waals surface area (Å²) in [6.45, 7) is 10.2. The highest BCUT2D eigenvalue weighted by atomic mass is 16.2. The molecule has 0 saturated heterocycles. The van der Waals surface area contributed by atoms with Gasteiger partial charge in [0.2, 0.25) is 0 Å². The Morgan fingerprint density at radius 2 is 1.68 bits per heavy atom. The monoisotopic (exact) mass is 263 g/mol. The zero-order valence-electron chi connectivity index (χ0n) is 12.4. The van der Waals surface area contributed by atoms with Crippen molar-refractivity contribution >= 4 is 11.7 Å². The summed E-state index contributed by atoms with van der Waals surface area (Å²) in [6, 6.07) is 7.95. The van der Waals surface area contributed by atoms with Crippen molar-refractivity contribution < 1.29 is 4.79 Å². The summed E-state index contributed by atoms with van der Waals surface area (Å²) in [6.07, 6.45) is 0. The number of carbonyl (C=O) groups is 1. The van der Waals surface area contributed by atoms with E-state index >= 15 is 0 Å². The summed E-state index contributed by atoms with van der Waals surface area (Å²) in [4.78, 5) is 16.2. The van der Waals surface area contributed by atoms with Crippen molar-refractivity contribution in [3.63, 3.8) is 0 Å². The van der Waals surface area contributed by atoms with Gasteiger partial charge in [-0.1, -0.05) is 12.1 Å². The van der Waals surface area contributed by atoms with Gasteiger partial charge in [-0.15, -0.1) is 0 Å². The van der Waals surface area contributed by atoms with Crippen molar-refractivity contribution in [1.29, 1.82) is 0 Å². The van der Waals surface area contributed by atoms with Crippen LogP contribution in [0.5, 0.6) is 0 Å². The molecule has 2 N–H and O–H groups in total. The molecule has 0 saturated carbocycles. The summed E-state index contributed by atoms with van der Waals surface area (Å²) in [5, 5.41) is 0. The van der Waals surface area contributed by atoms with E-state index < -0.39 is 0 Å². The van der Waals surface area contributed by atoms with Crippen LogP contribution >= 0.6 is 0 Å². The average molecular weight is 263 g/mol. The summed E-state index contributed by atoms with van der Waals surface area (Å²) >= 11 is 0. The Bertz CT molecular complexity index is 396. The van der Waals surface area contributed by atoms with Gasteiger partial charge < -0.3 is 15.5 Å². The third-order valence-corrected chi connectivity index (χ3v) is 3.24. The van der Waals surface area contributed by atoms with Gasteiger partial charge in [0, 0.05) is 31.4 Å². The van der Waals surface area contributed by atoms with Crippen LogP contribution in [-0.2, 0) is 6.54 Å². The maximum atomic E-state index is 12.4. The van der Waals surface area contributed by atoms with Gasteiger partial charge in [0.05, 0.1) is 0 Å². The second kappa shape index (κ2) is 7.02. The van der Waals surface area contributed by atoms with Crippen LogP contribution in [0, 0.1) is 0 Å². The van der Waals surface area contributed by atoms with Gasteiger partial charge in [0.15, 0.2) is 0 Å². The fraction of sp³-hybridized carbons (Fsp3) is 0.533. The first-order valence-corrected chi connectivity index (χ1v) is 6.89. The molecule has 1 aromatic carbocycles. The molecule has 0 aliphatic carbocycles. The van der Waals surface area contributed by atoms with Gasteiger partial charge in [-0.2, -0.15) is 0 Å². The molecule has 2 amide bonds. The summed E-state index contributed by atoms with van der Waals surface area (Å²) in [7, 11) is 0. The minimum atomic E-state index is 0.0943. The van der Waals surface area contributed by atoms with Crippen molar-refractivity contribution in [1.82, 2.24) is 9.80 Å². The number of amides is 2. The lowest BCUT2D eigenvalue weighted by molar-refractivity contribution is 0.141. The highest BCUT2D eigenvalue weighted by Crippen LogP contribution is 2.13. The topological polar surface area (TPSA) is 49.6 Å². The van der Waals surface area contributed by atoms with Crippen LogP contribution in [0.2, 0.25) is 0 Å². The number of urea groups is 1. The molecule has 0 aromatic heterocycles. The second-order valence-corrected chi connectivity index (χ2v) is 4.92. The molecular formula is C15H25N3O. The van der Waals surface area contributed by atoms with Crippen LogP contribution in [-0.4, -0.2) is 35.0 Å². The number of nitrogen functional groups attached to an aromatic ring is 1. The predicted octanol–water partition coefficient (Wildman–Crippen LogP) is 2.94. The lowest BCUT2D eigenvalue weighted by Crippen LogP contribution is -2.45. The number of benzene rings is 1. The van der Waals surface area contributed by atoms with Gasteiger partial charge in [-0.3, -0.25) is 0 Å². The van der Waals surface area contributed by atoms with Crippen molar-refractivity contribution in [2.24, 2.45) is 0 Å². The van der Waals surface area contributed by atoms with Crippen LogP contribution in [0.15, 0.2) is 24.3 Å². The maximum absolute atomic E-state index is 12.4. The van der Waals surface area contributed by atoms with Gasteiger partial charge in [0.1, 0.15) is 0 Å². The van der Waals surface area contributed by atoms with E-state index in [0.717, 1.165) is 24.3 Å². The molecule has 4 nitrogen and oxygen atoms in total. The zero-order valence-corrected chi connectivity index (χ0v) is 12.4. The van der Waals surface area contributed by atoms with Gasteiger partial charge >= 0.3 is 6.03 Å². The maximum Gasteiger partial charge on any atom is 0.320 e. The van der Waals surface area contributed by atoms with Gasteiger partial charge in [0.25, 0.3) is 0 Å². The first-order valence-electron chi connectivity index (χ1n) is 6.89. The van der Waals surface area contributed by atoms with E-state index in [0.29, 0.717) is 6.54 Å². The second-order valence-electron chi connectivity index (χ2n) is 4.92. The fourth-order valence-corrected chi connectivity index (χ4v) is 1.97. The number of nitrogens with two attached hydrogens (primary N) is 1. The fourth-order valence-electron chi connectivity index (χ4n) is 1.97. The molecule has 0 bridgehead atoms. The molecule has 0 radical (unpaired) electrons. The number of rotatable bonds is 5. The Morgan fingerprint density at radius 3 is 2.11 bits per heavy atom. The van der Waals surface area contributed by atoms with E-state index in [9.17, 15) is 4.79 Å². The van der Waals surface area contributed by atoms with Crippen molar-refractivity contribution in [3.8, 4) is 0 Å². The van der Waals surface area contributed by atoms with E-state index in [1.807, 2.05) is 61.8 Å². The average Bonchev–Trinajstić information content (AvgIpc) is 2.38. The quantitative estimate of drug-likeness (QED) is 0.830. The molecule has 0 atom stereocenters. The Hall–Kier alpha value is -1.71. The number of nitrogens with zero attached hydrogens (tertiary/aromatic N) is 2. The van der Waals surface area contributed by atoms with Crippen LogP contribution in [0.25, 0.3) is 0 Å². The van der Waals surface area contributed by atoms with Crippen molar-refractivity contribution in [2.45, 2.75) is 40.3 Å². The van der Waals surface area contributed by atoms with Crippen LogP contribution in [0.1, 0.15) is 33.3 Å². The lowest BCUT2D eigenvalue weighted by atomic mass is 10.2. The first-order chi connectivity index (χ1) is 8.99. The highest BCUT2D eigenvalue weighted by molar-refractivity contribution is 5.74. The molecule has 0 aliphatic heterocycles. The number of hydrogen-bond acceptors (Lipinski definition) is 2. The summed E-state index contributed by atoms with van der Waals surface area (Å²) in [5.74, 6) is 0. The molecule has 0 aliphatic rings. The minimum Gasteiger partial charge on any atom is -0.399 e. The van der Waals surface area contributed by atoms with Crippen LogP contribution in [0.4, 0.5) is 10.5 Å². The molecule has 4 heteroatoms. The largest absolute Gasteiger partial charge is 0.399 e. The molecule has 1 rings (SSSR count). The highest BCUT2D eigenvalue weighted by Gasteiger charge is 2.21. The molecule has 0 spiro atoms. The molecule has 0 unspecified atom stereocenters. The van der Waals surface area contributed by atoms with Gasteiger partial charge in [-0.05, 0) is 45.4 Å². The van der Waals surface area contributed by atoms with Crippen molar-refractivity contribution in [3.05, 3.63) is 29.8 Å².